The molecule has 1 aliphatic heterocycles. The van der Waals surface area contributed by atoms with E-state index < -0.39 is 14.4 Å². The van der Waals surface area contributed by atoms with Crippen molar-refractivity contribution in [2.75, 3.05) is 6.54 Å². The Morgan fingerprint density at radius 2 is 1.95 bits per heavy atom. The molecule has 0 aliphatic carbocycles. The number of likely N-dealkylation sites (tertiary alicyclic amines) is 1. The van der Waals surface area contributed by atoms with Crippen molar-refractivity contribution in [3.63, 3.8) is 0 Å². The number of aliphatic hydroxyl groups is 1. The quantitative estimate of drug-likeness (QED) is 0.285. The fraction of sp³-hybridized carbons (Fsp3) is 0.567. The highest BCUT2D eigenvalue weighted by Gasteiger charge is 2.41. The van der Waals surface area contributed by atoms with Crippen LogP contribution in [0.2, 0.25) is 24.2 Å². The van der Waals surface area contributed by atoms with Gasteiger partial charge in [0.25, 0.3) is 0 Å². The number of pyridine rings is 1. The molecule has 2 aromatic heterocycles. The van der Waals surface area contributed by atoms with Crippen LogP contribution in [0.4, 0.5) is 4.79 Å². The summed E-state index contributed by atoms with van der Waals surface area (Å²) in [6.45, 7) is 14.2. The van der Waals surface area contributed by atoms with Crippen LogP contribution < -0.4 is 0 Å². The highest BCUT2D eigenvalue weighted by Crippen LogP contribution is 2.34. The molecular weight excluding hydrogens is 544 g/mol. The number of carbonyl (C=O) groups is 1. The lowest BCUT2D eigenvalue weighted by atomic mass is 9.94. The second kappa shape index (κ2) is 12.6. The molecule has 1 saturated heterocycles. The molecule has 3 aromatic rings. The van der Waals surface area contributed by atoms with Gasteiger partial charge in [0.15, 0.2) is 14.0 Å². The zero-order valence-electron chi connectivity index (χ0n) is 24.6. The zero-order valence-corrected chi connectivity index (χ0v) is 26.3. The molecule has 0 bridgehead atoms. The molecule has 1 amide bonds. The minimum absolute atomic E-state index is 0.143. The van der Waals surface area contributed by atoms with Gasteiger partial charge in [0.2, 0.25) is 0 Å². The number of fused-ring (bicyclic) bond motifs is 1. The number of aryl methyl sites for hydroxylation is 1. The number of hydrogen-bond donors (Lipinski definition) is 1. The number of rotatable bonds is 9. The Labute approximate surface area is 243 Å². The van der Waals surface area contributed by atoms with Crippen molar-refractivity contribution in [3.05, 3.63) is 59.0 Å². The smallest absolute Gasteiger partial charge is 0.410 e. The van der Waals surface area contributed by atoms with E-state index in [9.17, 15) is 9.90 Å². The second-order valence-electron chi connectivity index (χ2n) is 12.8. The Balaban J connectivity index is 1.53. The SMILES string of the molecule is Cc1c(Cl)cnc2c1ncn2CC(O)C[C@@H]1[C@@H](O[Si](C)(C)CC(C)(C)C)CCCN1C(=O)OCc1ccccc1. The number of ether oxygens (including phenoxy) is 1. The monoisotopic (exact) mass is 586 g/mol. The number of carbonyl (C=O) groups excluding carboxylic acids is 1. The standard InChI is InChI=1S/C30H43ClN4O4Si/c1-21-24(31)16-32-28-27(21)33-20-34(28)17-23(36)15-25-26(39-40(5,6)19-30(2,3)4)13-10-14-35(25)29(37)38-18-22-11-8-7-9-12-22/h7-9,11-12,16,20,23,25-26,36H,10,13-15,17-19H2,1-6H3/t23?,25-,26+/m1/s1. The first kappa shape index (κ1) is 30.5. The van der Waals surface area contributed by atoms with Gasteiger partial charge in [-0.1, -0.05) is 62.7 Å². The van der Waals surface area contributed by atoms with Gasteiger partial charge >= 0.3 is 6.09 Å². The zero-order chi connectivity index (χ0) is 29.1. The van der Waals surface area contributed by atoms with Gasteiger partial charge in [-0.25, -0.2) is 14.8 Å². The van der Waals surface area contributed by atoms with Crippen LogP contribution in [0, 0.1) is 12.3 Å². The van der Waals surface area contributed by atoms with Crippen LogP contribution in [-0.4, -0.2) is 63.7 Å². The molecule has 40 heavy (non-hydrogen) atoms. The molecule has 10 heteroatoms. The van der Waals surface area contributed by atoms with E-state index in [1.165, 1.54) is 0 Å². The van der Waals surface area contributed by atoms with Crippen LogP contribution in [0.15, 0.2) is 42.9 Å². The van der Waals surface area contributed by atoms with E-state index in [2.05, 4.69) is 43.8 Å². The predicted octanol–water partition coefficient (Wildman–Crippen LogP) is 6.58. The number of piperidine rings is 1. The molecule has 218 valence electrons. The number of aliphatic hydroxyl groups excluding tert-OH is 1. The van der Waals surface area contributed by atoms with Gasteiger partial charge in [0.05, 0.1) is 36.1 Å². The Bertz CT molecular complexity index is 1290. The highest BCUT2D eigenvalue weighted by molar-refractivity contribution is 6.71. The summed E-state index contributed by atoms with van der Waals surface area (Å²) in [4.78, 5) is 24.1. The molecule has 4 rings (SSSR count). The molecule has 8 nitrogen and oxygen atoms in total. The highest BCUT2D eigenvalue weighted by atomic mass is 35.5. The van der Waals surface area contributed by atoms with E-state index in [1.54, 1.807) is 17.4 Å². The molecule has 0 spiro atoms. The number of benzene rings is 1. The molecule has 1 unspecified atom stereocenters. The van der Waals surface area contributed by atoms with Crippen molar-refractivity contribution in [1.82, 2.24) is 19.4 Å². The maximum absolute atomic E-state index is 13.4. The third-order valence-corrected chi connectivity index (χ3v) is 10.6. The Hall–Kier alpha value is -2.46. The van der Waals surface area contributed by atoms with Gasteiger partial charge in [-0.15, -0.1) is 0 Å². The molecule has 1 aromatic carbocycles. The summed E-state index contributed by atoms with van der Waals surface area (Å²) in [7, 11) is -2.06. The molecule has 1 N–H and O–H groups in total. The maximum Gasteiger partial charge on any atom is 0.410 e. The van der Waals surface area contributed by atoms with E-state index in [4.69, 9.17) is 20.8 Å². The normalized spacial score (nSPS) is 19.1. The van der Waals surface area contributed by atoms with Crippen LogP contribution >= 0.6 is 11.6 Å². The molecule has 3 heterocycles. The summed E-state index contributed by atoms with van der Waals surface area (Å²) in [5.41, 5.74) is 3.34. The average Bonchev–Trinajstić information content (AvgIpc) is 3.27. The predicted molar refractivity (Wildman–Crippen MR) is 161 cm³/mol. The summed E-state index contributed by atoms with van der Waals surface area (Å²) >= 11 is 6.23. The van der Waals surface area contributed by atoms with Crippen LogP contribution in [0.5, 0.6) is 0 Å². The summed E-state index contributed by atoms with van der Waals surface area (Å²) in [6, 6.07) is 10.4. The summed E-state index contributed by atoms with van der Waals surface area (Å²) in [5.74, 6) is 0. The van der Waals surface area contributed by atoms with Gasteiger partial charge in [-0.3, -0.25) is 0 Å². The molecule has 3 atom stereocenters. The first-order valence-electron chi connectivity index (χ1n) is 14.1. The summed E-state index contributed by atoms with van der Waals surface area (Å²) < 4.78 is 14.5. The topological polar surface area (TPSA) is 89.7 Å². The maximum atomic E-state index is 13.4. The Kier molecular flexibility index (Phi) is 9.60. The van der Waals surface area contributed by atoms with Crippen LogP contribution in [0.25, 0.3) is 11.2 Å². The number of aromatic nitrogens is 3. The first-order chi connectivity index (χ1) is 18.8. The molecule has 1 aliphatic rings. The number of halogens is 1. The average molecular weight is 587 g/mol. The second-order valence-corrected chi connectivity index (χ2v) is 17.3. The van der Waals surface area contributed by atoms with Crippen molar-refractivity contribution in [1.29, 1.82) is 0 Å². The number of amides is 1. The van der Waals surface area contributed by atoms with Crippen LogP contribution in [0.1, 0.15) is 51.2 Å². The van der Waals surface area contributed by atoms with Crippen molar-refractivity contribution in [2.24, 2.45) is 5.41 Å². The number of imidazole rings is 1. The summed E-state index contributed by atoms with van der Waals surface area (Å²) in [6.07, 6.45) is 4.03. The summed E-state index contributed by atoms with van der Waals surface area (Å²) in [5, 5.41) is 11.9. The largest absolute Gasteiger partial charge is 0.445 e. The fourth-order valence-corrected chi connectivity index (χ4v) is 9.88. The fourth-order valence-electron chi connectivity index (χ4n) is 6.01. The van der Waals surface area contributed by atoms with Crippen molar-refractivity contribution in [3.8, 4) is 0 Å². The lowest BCUT2D eigenvalue weighted by molar-refractivity contribution is -0.0119. The minimum atomic E-state index is -2.06. The van der Waals surface area contributed by atoms with E-state index in [0.717, 1.165) is 35.5 Å². The molecule has 0 radical (unpaired) electrons. The van der Waals surface area contributed by atoms with Gasteiger partial charge < -0.3 is 23.7 Å². The van der Waals surface area contributed by atoms with Gasteiger partial charge in [0.1, 0.15) is 12.1 Å². The number of hydrogen-bond acceptors (Lipinski definition) is 6. The van der Waals surface area contributed by atoms with Gasteiger partial charge in [-0.05, 0) is 61.9 Å². The third kappa shape index (κ3) is 7.84. The lowest BCUT2D eigenvalue weighted by Gasteiger charge is -2.45. The molecular formula is C30H43ClN4O4Si. The van der Waals surface area contributed by atoms with E-state index in [1.807, 2.05) is 41.8 Å². The molecule has 0 saturated carbocycles. The minimum Gasteiger partial charge on any atom is -0.445 e. The molecule has 1 fully saturated rings. The van der Waals surface area contributed by atoms with E-state index in [0.29, 0.717) is 30.2 Å². The number of nitrogens with zero attached hydrogens (tertiary/aromatic N) is 4. The first-order valence-corrected chi connectivity index (χ1v) is 17.6. The van der Waals surface area contributed by atoms with Crippen molar-refractivity contribution >= 4 is 37.2 Å². The Morgan fingerprint density at radius 3 is 2.65 bits per heavy atom. The van der Waals surface area contributed by atoms with Gasteiger partial charge in [-0.2, -0.15) is 0 Å². The van der Waals surface area contributed by atoms with Crippen molar-refractivity contribution < 1.29 is 19.1 Å². The lowest BCUT2D eigenvalue weighted by Crippen LogP contribution is -2.56. The van der Waals surface area contributed by atoms with E-state index in [-0.39, 0.29) is 30.3 Å². The van der Waals surface area contributed by atoms with E-state index >= 15 is 0 Å². The van der Waals surface area contributed by atoms with Gasteiger partial charge in [0, 0.05) is 12.7 Å². The van der Waals surface area contributed by atoms with Crippen molar-refractivity contribution in [2.45, 2.75) is 97.5 Å². The van der Waals surface area contributed by atoms with Crippen LogP contribution in [0.3, 0.4) is 0 Å². The Morgan fingerprint density at radius 1 is 1.23 bits per heavy atom. The third-order valence-electron chi connectivity index (χ3n) is 7.33. The van der Waals surface area contributed by atoms with Crippen LogP contribution in [-0.2, 0) is 22.3 Å².